The molecule has 0 saturated carbocycles. The van der Waals surface area contributed by atoms with Gasteiger partial charge in [-0.15, -0.1) is 0 Å². The summed E-state index contributed by atoms with van der Waals surface area (Å²) in [5, 5.41) is 1.10. The van der Waals surface area contributed by atoms with Crippen molar-refractivity contribution in [3.05, 3.63) is 41.2 Å². The zero-order chi connectivity index (χ0) is 14.9. The van der Waals surface area contributed by atoms with E-state index >= 15 is 0 Å². The Balaban J connectivity index is 2.23. The third-order valence-electron chi connectivity index (χ3n) is 3.30. The van der Waals surface area contributed by atoms with Crippen LogP contribution in [0.25, 0.3) is 0 Å². The van der Waals surface area contributed by atoms with Crippen LogP contribution in [0.15, 0.2) is 29.7 Å². The molecule has 1 heterocycles. The molecule has 20 heavy (non-hydrogen) atoms. The monoisotopic (exact) mass is 354 g/mol. The molecule has 0 unspecified atom stereocenters. The van der Waals surface area contributed by atoms with Gasteiger partial charge in [-0.25, -0.2) is 0 Å². The predicted molar refractivity (Wildman–Crippen MR) is 89.1 cm³/mol. The van der Waals surface area contributed by atoms with Crippen molar-refractivity contribution in [2.24, 2.45) is 7.05 Å². The second-order valence-corrected chi connectivity index (χ2v) is 9.83. The van der Waals surface area contributed by atoms with Crippen LogP contribution >= 0.6 is 10.2 Å². The number of benzene rings is 1. The molecule has 0 spiro atoms. The standard InChI is InChI=1S/C16H22N2SSe/c1-11-9-13(16(3,4)5)10-12(2)14(11)20-19-15-17-7-8-18(15)6/h7-10H,1-6H3. The van der Waals surface area contributed by atoms with Crippen LogP contribution in [0.3, 0.4) is 0 Å². The van der Waals surface area contributed by atoms with Gasteiger partial charge >= 0.3 is 131 Å². The van der Waals surface area contributed by atoms with Crippen molar-refractivity contribution in [2.45, 2.75) is 45.2 Å². The summed E-state index contributed by atoms with van der Waals surface area (Å²) in [5.41, 5.74) is 4.47. The van der Waals surface area contributed by atoms with Crippen LogP contribution in [0.1, 0.15) is 37.5 Å². The first-order valence-corrected chi connectivity index (χ1v) is 10.4. The van der Waals surface area contributed by atoms with Gasteiger partial charge in [-0.1, -0.05) is 0 Å². The Kier molecular flexibility index (Phi) is 4.68. The second-order valence-electron chi connectivity index (χ2n) is 6.18. The van der Waals surface area contributed by atoms with E-state index in [1.807, 2.05) is 29.6 Å². The van der Waals surface area contributed by atoms with E-state index in [-0.39, 0.29) is 5.41 Å². The van der Waals surface area contributed by atoms with Gasteiger partial charge in [0.1, 0.15) is 0 Å². The van der Waals surface area contributed by atoms with Gasteiger partial charge in [-0.3, -0.25) is 0 Å². The van der Waals surface area contributed by atoms with Gasteiger partial charge in [-0.05, 0) is 0 Å². The number of aromatic nitrogens is 2. The van der Waals surface area contributed by atoms with Crippen LogP contribution in [0.2, 0.25) is 0 Å². The number of imidazole rings is 1. The first kappa shape index (κ1) is 15.7. The summed E-state index contributed by atoms with van der Waals surface area (Å²) in [7, 11) is 3.91. The molecule has 2 nitrogen and oxygen atoms in total. The van der Waals surface area contributed by atoms with Gasteiger partial charge in [0, 0.05) is 0 Å². The van der Waals surface area contributed by atoms with Crippen molar-refractivity contribution < 1.29 is 0 Å². The normalized spacial score (nSPS) is 11.9. The van der Waals surface area contributed by atoms with E-state index in [0.717, 1.165) is 5.16 Å². The molecule has 0 fully saturated rings. The average molecular weight is 353 g/mol. The van der Waals surface area contributed by atoms with E-state index in [0.29, 0.717) is 13.8 Å². The Morgan fingerprint density at radius 2 is 1.75 bits per heavy atom. The van der Waals surface area contributed by atoms with E-state index in [4.69, 9.17) is 0 Å². The Morgan fingerprint density at radius 3 is 2.20 bits per heavy atom. The summed E-state index contributed by atoms with van der Waals surface area (Å²) in [6.07, 6.45) is 3.86. The quantitative estimate of drug-likeness (QED) is 0.788. The summed E-state index contributed by atoms with van der Waals surface area (Å²) in [5.74, 6) is 0. The van der Waals surface area contributed by atoms with E-state index in [2.05, 4.69) is 56.3 Å². The minimum atomic E-state index is 0.216. The molecule has 0 amide bonds. The molecule has 108 valence electrons. The Morgan fingerprint density at radius 1 is 1.15 bits per heavy atom. The van der Waals surface area contributed by atoms with Crippen molar-refractivity contribution in [3.8, 4) is 0 Å². The fraction of sp³-hybridized carbons (Fsp3) is 0.438. The molecule has 0 aliphatic rings. The predicted octanol–water partition coefficient (Wildman–Crippen LogP) is 3.37. The van der Waals surface area contributed by atoms with Gasteiger partial charge in [0.05, 0.1) is 0 Å². The Bertz CT molecular complexity index is 588. The molecule has 0 radical (unpaired) electrons. The van der Waals surface area contributed by atoms with Gasteiger partial charge in [0.2, 0.25) is 0 Å². The van der Waals surface area contributed by atoms with Gasteiger partial charge < -0.3 is 0 Å². The number of aryl methyl sites for hydroxylation is 3. The van der Waals surface area contributed by atoms with E-state index < -0.39 is 0 Å². The zero-order valence-corrected chi connectivity index (χ0v) is 15.5. The molecule has 2 rings (SSSR count). The topological polar surface area (TPSA) is 17.8 Å². The fourth-order valence-electron chi connectivity index (χ4n) is 2.03. The second kappa shape index (κ2) is 5.97. The van der Waals surface area contributed by atoms with Crippen LogP contribution in [0.4, 0.5) is 0 Å². The van der Waals surface area contributed by atoms with Gasteiger partial charge in [0.25, 0.3) is 0 Å². The molecule has 1 aromatic heterocycles. The molecular formula is C16H22N2SSe. The van der Waals surface area contributed by atoms with Crippen molar-refractivity contribution >= 4 is 28.5 Å². The van der Waals surface area contributed by atoms with E-state index in [9.17, 15) is 0 Å². The van der Waals surface area contributed by atoms with Crippen LogP contribution in [0, 0.1) is 13.8 Å². The molecule has 4 heteroatoms. The van der Waals surface area contributed by atoms with Crippen molar-refractivity contribution in [1.29, 1.82) is 0 Å². The maximum atomic E-state index is 4.39. The summed E-state index contributed by atoms with van der Waals surface area (Å²) >= 11 is 0.365. The van der Waals surface area contributed by atoms with Gasteiger partial charge in [0.15, 0.2) is 0 Å². The van der Waals surface area contributed by atoms with Crippen molar-refractivity contribution in [3.63, 3.8) is 0 Å². The van der Waals surface area contributed by atoms with Crippen LogP contribution in [-0.4, -0.2) is 23.4 Å². The van der Waals surface area contributed by atoms with Crippen LogP contribution in [-0.2, 0) is 12.5 Å². The Hall–Kier alpha value is -0.701. The average Bonchev–Trinajstić information content (AvgIpc) is 2.72. The molecule has 0 saturated heterocycles. The summed E-state index contributed by atoms with van der Waals surface area (Å²) in [4.78, 5) is 4.39. The SMILES string of the molecule is Cc1cc(C(C)(C)C)cc(C)c1[Se]Sc1nccn1C. The molecule has 0 aliphatic carbocycles. The third kappa shape index (κ3) is 3.49. The first-order chi connectivity index (χ1) is 9.29. The number of nitrogens with zero attached hydrogens (tertiary/aromatic N) is 2. The third-order valence-corrected chi connectivity index (χ3v) is 7.96. The zero-order valence-electron chi connectivity index (χ0n) is 13.0. The molecule has 0 aliphatic heterocycles. The number of hydrogen-bond acceptors (Lipinski definition) is 2. The number of hydrogen-bond donors (Lipinski definition) is 0. The Labute approximate surface area is 131 Å². The minimum absolute atomic E-state index is 0.216. The van der Waals surface area contributed by atoms with Crippen LogP contribution in [0.5, 0.6) is 0 Å². The molecule has 0 N–H and O–H groups in total. The molecule has 2 aromatic rings. The van der Waals surface area contributed by atoms with E-state index in [1.54, 1.807) is 0 Å². The summed E-state index contributed by atoms with van der Waals surface area (Å²) in [6.45, 7) is 11.3. The summed E-state index contributed by atoms with van der Waals surface area (Å²) in [6, 6.07) is 4.70. The number of rotatable bonds is 3. The molecule has 1 aromatic carbocycles. The van der Waals surface area contributed by atoms with Crippen molar-refractivity contribution in [1.82, 2.24) is 9.55 Å². The first-order valence-electron chi connectivity index (χ1n) is 6.72. The maximum absolute atomic E-state index is 4.39. The molecule has 0 atom stereocenters. The van der Waals surface area contributed by atoms with Crippen molar-refractivity contribution in [2.75, 3.05) is 0 Å². The fourth-order valence-corrected chi connectivity index (χ4v) is 6.64. The van der Waals surface area contributed by atoms with Crippen LogP contribution < -0.4 is 4.46 Å². The van der Waals surface area contributed by atoms with Gasteiger partial charge in [-0.2, -0.15) is 0 Å². The van der Waals surface area contributed by atoms with E-state index in [1.165, 1.54) is 21.2 Å². The summed E-state index contributed by atoms with van der Waals surface area (Å²) < 4.78 is 3.58. The molecule has 0 bridgehead atoms. The molecular weight excluding hydrogens is 331 g/mol.